The van der Waals surface area contributed by atoms with Crippen molar-refractivity contribution in [2.24, 2.45) is 5.92 Å². The summed E-state index contributed by atoms with van der Waals surface area (Å²) >= 11 is 0. The number of nitrogens with two attached hydrogens (primary N) is 1. The molecule has 5 rings (SSSR count). The molecule has 9 nitrogen and oxygen atoms in total. The van der Waals surface area contributed by atoms with Gasteiger partial charge in [0, 0.05) is 34.9 Å². The first-order chi connectivity index (χ1) is 16.1. The van der Waals surface area contributed by atoms with E-state index in [2.05, 4.69) is 10.1 Å². The largest absolute Gasteiger partial charge is 0.481 e. The van der Waals surface area contributed by atoms with Gasteiger partial charge >= 0.3 is 5.97 Å². The smallest absolute Gasteiger partial charge is 0.306 e. The van der Waals surface area contributed by atoms with E-state index in [1.54, 1.807) is 18.3 Å². The number of sulfone groups is 1. The molecule has 11 heteroatoms. The van der Waals surface area contributed by atoms with Crippen LogP contribution in [-0.2, 0) is 14.6 Å². The third kappa shape index (κ3) is 3.75. The molecule has 4 aromatic rings. The molecule has 176 valence electrons. The zero-order chi connectivity index (χ0) is 24.2. The van der Waals surface area contributed by atoms with Crippen molar-refractivity contribution in [3.05, 3.63) is 48.2 Å². The molecule has 0 unspecified atom stereocenters. The molecule has 0 bridgehead atoms. The summed E-state index contributed by atoms with van der Waals surface area (Å²) < 4.78 is 40.4. The Morgan fingerprint density at radius 2 is 1.91 bits per heavy atom. The average molecular weight is 484 g/mol. The van der Waals surface area contributed by atoms with Gasteiger partial charge in [-0.3, -0.25) is 9.78 Å². The number of hydrogen-bond acceptors (Lipinski definition) is 7. The standard InChI is InChI=1S/C23H22FN5O4S/c1-34(32,33)20-19(12-2-4-13(5-3-12)23(30)31)28-22-17(11-27-29(22)21(20)25)15-8-14-9-16(24)6-7-18(14)26-10-15/h6-13H,2-5,25H2,1H3,(H,30,31). The molecular formula is C23H22FN5O4S. The van der Waals surface area contributed by atoms with E-state index in [9.17, 15) is 22.7 Å². The predicted octanol–water partition coefficient (Wildman–Crippen LogP) is 3.43. The highest BCUT2D eigenvalue weighted by atomic mass is 32.2. The van der Waals surface area contributed by atoms with E-state index < -0.39 is 21.7 Å². The summed E-state index contributed by atoms with van der Waals surface area (Å²) in [4.78, 5) is 20.4. The Balaban J connectivity index is 1.68. The minimum Gasteiger partial charge on any atom is -0.481 e. The number of benzene rings is 1. The number of carbonyl (C=O) groups is 1. The van der Waals surface area contributed by atoms with Crippen LogP contribution >= 0.6 is 0 Å². The van der Waals surface area contributed by atoms with Gasteiger partial charge in [-0.15, -0.1) is 0 Å². The lowest BCUT2D eigenvalue weighted by Gasteiger charge is -2.27. The maximum absolute atomic E-state index is 13.7. The number of fused-ring (bicyclic) bond motifs is 2. The van der Waals surface area contributed by atoms with Gasteiger partial charge in [0.1, 0.15) is 16.5 Å². The van der Waals surface area contributed by atoms with Crippen molar-refractivity contribution in [3.63, 3.8) is 0 Å². The Labute approximate surface area is 194 Å². The molecule has 1 fully saturated rings. The molecule has 0 aliphatic heterocycles. The first-order valence-corrected chi connectivity index (χ1v) is 12.7. The lowest BCUT2D eigenvalue weighted by Crippen LogP contribution is -2.23. The Morgan fingerprint density at radius 1 is 1.18 bits per heavy atom. The third-order valence-corrected chi connectivity index (χ3v) is 7.61. The second-order valence-corrected chi connectivity index (χ2v) is 10.7. The van der Waals surface area contributed by atoms with Crippen LogP contribution in [0.3, 0.4) is 0 Å². The van der Waals surface area contributed by atoms with Crippen LogP contribution in [0.1, 0.15) is 37.3 Å². The number of carboxylic acids is 1. The number of rotatable bonds is 4. The summed E-state index contributed by atoms with van der Waals surface area (Å²) in [6, 6.07) is 6.07. The first kappa shape index (κ1) is 22.2. The molecule has 3 N–H and O–H groups in total. The van der Waals surface area contributed by atoms with E-state index in [0.717, 1.165) is 6.26 Å². The molecule has 3 heterocycles. The van der Waals surface area contributed by atoms with Gasteiger partial charge in [-0.25, -0.2) is 17.8 Å². The maximum atomic E-state index is 13.7. The third-order valence-electron chi connectivity index (χ3n) is 6.45. The topological polar surface area (TPSA) is 141 Å². The second kappa shape index (κ2) is 8.01. The lowest BCUT2D eigenvalue weighted by molar-refractivity contribution is -0.142. The van der Waals surface area contributed by atoms with Gasteiger partial charge in [-0.1, -0.05) is 0 Å². The van der Waals surface area contributed by atoms with Crippen LogP contribution in [0.4, 0.5) is 10.2 Å². The number of nitrogens with zero attached hydrogens (tertiary/aromatic N) is 4. The highest BCUT2D eigenvalue weighted by molar-refractivity contribution is 7.91. The summed E-state index contributed by atoms with van der Waals surface area (Å²) in [6.07, 6.45) is 6.06. The SMILES string of the molecule is CS(=O)(=O)c1c(C2CCC(C(=O)O)CC2)nc2c(-c3cnc4ccc(F)cc4c3)cnn2c1N. The highest BCUT2D eigenvalue weighted by Gasteiger charge is 2.33. The molecule has 0 saturated heterocycles. The number of anilines is 1. The molecule has 1 aliphatic rings. The Bertz CT molecular complexity index is 1560. The Hall–Kier alpha value is -3.60. The lowest BCUT2D eigenvalue weighted by atomic mass is 9.80. The van der Waals surface area contributed by atoms with Gasteiger partial charge < -0.3 is 10.8 Å². The number of halogens is 1. The molecule has 1 saturated carbocycles. The molecule has 1 aromatic carbocycles. The van der Waals surface area contributed by atoms with Crippen molar-refractivity contribution in [3.8, 4) is 11.1 Å². The van der Waals surface area contributed by atoms with E-state index in [0.29, 0.717) is 59.1 Å². The van der Waals surface area contributed by atoms with Gasteiger partial charge in [0.25, 0.3) is 0 Å². The van der Waals surface area contributed by atoms with E-state index in [1.165, 1.54) is 22.8 Å². The monoisotopic (exact) mass is 483 g/mol. The summed E-state index contributed by atoms with van der Waals surface area (Å²) in [7, 11) is -3.74. The van der Waals surface area contributed by atoms with E-state index in [4.69, 9.17) is 10.7 Å². The number of carboxylic acid groups (broad SMARTS) is 1. The molecule has 0 atom stereocenters. The molecule has 0 radical (unpaired) electrons. The van der Waals surface area contributed by atoms with Crippen molar-refractivity contribution in [1.29, 1.82) is 0 Å². The molecule has 0 amide bonds. The average Bonchev–Trinajstić information content (AvgIpc) is 3.22. The van der Waals surface area contributed by atoms with Gasteiger partial charge in [0.2, 0.25) is 0 Å². The number of aliphatic carboxylic acids is 1. The van der Waals surface area contributed by atoms with Crippen molar-refractivity contribution in [1.82, 2.24) is 19.6 Å². The second-order valence-electron chi connectivity index (χ2n) is 8.73. The fourth-order valence-electron chi connectivity index (χ4n) is 4.74. The zero-order valence-corrected chi connectivity index (χ0v) is 19.1. The molecule has 34 heavy (non-hydrogen) atoms. The van der Waals surface area contributed by atoms with Gasteiger partial charge in [0.15, 0.2) is 15.5 Å². The summed E-state index contributed by atoms with van der Waals surface area (Å²) in [5.74, 6) is -1.98. The number of hydrogen-bond donors (Lipinski definition) is 2. The molecular weight excluding hydrogens is 461 g/mol. The van der Waals surface area contributed by atoms with E-state index in [1.807, 2.05) is 0 Å². The first-order valence-electron chi connectivity index (χ1n) is 10.8. The summed E-state index contributed by atoms with van der Waals surface area (Å²) in [6.45, 7) is 0. The number of nitrogen functional groups attached to an aromatic ring is 1. The Morgan fingerprint density at radius 3 is 2.59 bits per heavy atom. The number of pyridine rings is 1. The number of aromatic nitrogens is 4. The van der Waals surface area contributed by atoms with Gasteiger partial charge in [-0.05, 0) is 49.9 Å². The quantitative estimate of drug-likeness (QED) is 0.450. The van der Waals surface area contributed by atoms with Crippen LogP contribution in [0.2, 0.25) is 0 Å². The normalized spacial score (nSPS) is 19.0. The molecule has 1 aliphatic carbocycles. The van der Waals surface area contributed by atoms with E-state index in [-0.39, 0.29) is 22.4 Å². The Kier molecular flexibility index (Phi) is 5.23. The molecule has 3 aromatic heterocycles. The fraction of sp³-hybridized carbons (Fsp3) is 0.304. The van der Waals surface area contributed by atoms with Crippen LogP contribution in [0.15, 0.2) is 41.6 Å². The van der Waals surface area contributed by atoms with Gasteiger partial charge in [-0.2, -0.15) is 9.61 Å². The van der Waals surface area contributed by atoms with Crippen molar-refractivity contribution in [2.45, 2.75) is 36.5 Å². The maximum Gasteiger partial charge on any atom is 0.306 e. The van der Waals surface area contributed by atoms with E-state index >= 15 is 0 Å². The van der Waals surface area contributed by atoms with Gasteiger partial charge in [0.05, 0.1) is 23.3 Å². The van der Waals surface area contributed by atoms with Crippen molar-refractivity contribution < 1.29 is 22.7 Å². The summed E-state index contributed by atoms with van der Waals surface area (Å²) in [5.41, 5.74) is 8.84. The summed E-state index contributed by atoms with van der Waals surface area (Å²) in [5, 5.41) is 14.2. The van der Waals surface area contributed by atoms with Crippen LogP contribution in [0.5, 0.6) is 0 Å². The van der Waals surface area contributed by atoms with Crippen molar-refractivity contribution in [2.75, 3.05) is 12.0 Å². The minimum atomic E-state index is -3.74. The predicted molar refractivity (Wildman–Crippen MR) is 124 cm³/mol. The van der Waals surface area contributed by atoms with Crippen LogP contribution < -0.4 is 5.73 Å². The van der Waals surface area contributed by atoms with Crippen LogP contribution in [0, 0.1) is 11.7 Å². The van der Waals surface area contributed by atoms with Crippen molar-refractivity contribution >= 4 is 38.2 Å². The minimum absolute atomic E-state index is 0.0473. The molecule has 0 spiro atoms. The van der Waals surface area contributed by atoms with Crippen LogP contribution in [-0.4, -0.2) is 45.3 Å². The zero-order valence-electron chi connectivity index (χ0n) is 18.3. The van der Waals surface area contributed by atoms with Crippen LogP contribution in [0.25, 0.3) is 27.7 Å². The highest BCUT2D eigenvalue weighted by Crippen LogP contribution is 2.40. The fourth-order valence-corrected chi connectivity index (χ4v) is 5.80.